The molecule has 0 aliphatic heterocycles. The van der Waals surface area contributed by atoms with Gasteiger partial charge in [-0.2, -0.15) is 0 Å². The van der Waals surface area contributed by atoms with Gasteiger partial charge in [-0.15, -0.1) is 0 Å². The Morgan fingerprint density at radius 3 is 1.85 bits per heavy atom. The molecule has 2 aromatic rings. The van der Waals surface area contributed by atoms with Gasteiger partial charge < -0.3 is 9.84 Å². The van der Waals surface area contributed by atoms with Gasteiger partial charge in [0.1, 0.15) is 11.5 Å². The average molecular weight is 367 g/mol. The van der Waals surface area contributed by atoms with Crippen LogP contribution < -0.4 is 4.74 Å². The Bertz CT molecular complexity index is 796. The second-order valence-corrected chi connectivity index (χ2v) is 8.99. The van der Waals surface area contributed by atoms with E-state index in [0.717, 1.165) is 34.8 Å². The van der Waals surface area contributed by atoms with Gasteiger partial charge >= 0.3 is 5.97 Å². The number of hydrogen-bond donors (Lipinski definition) is 1. The fourth-order valence-electron chi connectivity index (χ4n) is 3.01. The summed E-state index contributed by atoms with van der Waals surface area (Å²) in [5, 5.41) is 10.8. The van der Waals surface area contributed by atoms with E-state index in [1.54, 1.807) is 12.1 Å². The van der Waals surface area contributed by atoms with Crippen molar-refractivity contribution in [1.82, 2.24) is 0 Å². The van der Waals surface area contributed by atoms with Gasteiger partial charge in [-0.05, 0) is 51.6 Å². The molecule has 0 heterocycles. The van der Waals surface area contributed by atoms with Crippen molar-refractivity contribution in [3.8, 4) is 11.5 Å². The SMILES string of the molecule is C=CC(=O)Oc1ccc(Cc2cc(C(C)(C)C)c(O)c(C(C)(C)C)c2)cc1. The molecule has 0 aromatic heterocycles. The summed E-state index contributed by atoms with van der Waals surface area (Å²) < 4.78 is 5.12. The summed E-state index contributed by atoms with van der Waals surface area (Å²) in [6, 6.07) is 11.7. The van der Waals surface area contributed by atoms with Crippen LogP contribution in [0.3, 0.4) is 0 Å². The number of hydrogen-bond acceptors (Lipinski definition) is 3. The third-order valence-electron chi connectivity index (χ3n) is 4.50. The predicted molar refractivity (Wildman–Crippen MR) is 111 cm³/mol. The van der Waals surface area contributed by atoms with E-state index in [-0.39, 0.29) is 10.8 Å². The Balaban J connectivity index is 2.38. The van der Waals surface area contributed by atoms with E-state index in [0.29, 0.717) is 11.5 Å². The summed E-state index contributed by atoms with van der Waals surface area (Å²) >= 11 is 0. The number of esters is 1. The number of benzene rings is 2. The Morgan fingerprint density at radius 1 is 0.963 bits per heavy atom. The molecule has 0 radical (unpaired) electrons. The lowest BCUT2D eigenvalue weighted by molar-refractivity contribution is -0.128. The zero-order chi connectivity index (χ0) is 20.4. The van der Waals surface area contributed by atoms with E-state index >= 15 is 0 Å². The van der Waals surface area contributed by atoms with E-state index in [9.17, 15) is 9.90 Å². The summed E-state index contributed by atoms with van der Waals surface area (Å²) in [5.41, 5.74) is 3.88. The van der Waals surface area contributed by atoms with E-state index in [1.807, 2.05) is 12.1 Å². The maximum absolute atomic E-state index is 11.3. The van der Waals surface area contributed by atoms with E-state index in [4.69, 9.17) is 4.74 Å². The molecule has 0 aliphatic carbocycles. The minimum Gasteiger partial charge on any atom is -0.507 e. The highest BCUT2D eigenvalue weighted by molar-refractivity contribution is 5.83. The molecule has 0 atom stereocenters. The van der Waals surface area contributed by atoms with Gasteiger partial charge in [0.15, 0.2) is 0 Å². The molecule has 0 fully saturated rings. The molecule has 27 heavy (non-hydrogen) atoms. The number of carbonyl (C=O) groups excluding carboxylic acids is 1. The fraction of sp³-hybridized carbons (Fsp3) is 0.375. The molecular formula is C24H30O3. The summed E-state index contributed by atoms with van der Waals surface area (Å²) in [6.07, 6.45) is 1.88. The highest BCUT2D eigenvalue weighted by Gasteiger charge is 2.26. The molecule has 0 spiro atoms. The van der Waals surface area contributed by atoms with E-state index in [2.05, 4.69) is 60.3 Å². The minimum absolute atomic E-state index is 0.150. The van der Waals surface area contributed by atoms with E-state index in [1.165, 1.54) is 0 Å². The van der Waals surface area contributed by atoms with Crippen molar-refractivity contribution < 1.29 is 14.6 Å². The smallest absolute Gasteiger partial charge is 0.335 e. The first-order valence-corrected chi connectivity index (χ1v) is 9.22. The topological polar surface area (TPSA) is 46.5 Å². The number of phenols is 1. The number of carbonyl (C=O) groups is 1. The first-order chi connectivity index (χ1) is 12.4. The number of ether oxygens (including phenoxy) is 1. The van der Waals surface area contributed by atoms with Crippen LogP contribution in [-0.4, -0.2) is 11.1 Å². The molecule has 1 N–H and O–H groups in total. The van der Waals surface area contributed by atoms with Crippen LogP contribution in [0.5, 0.6) is 11.5 Å². The van der Waals surface area contributed by atoms with Gasteiger partial charge in [-0.3, -0.25) is 0 Å². The lowest BCUT2D eigenvalue weighted by atomic mass is 9.78. The molecule has 144 valence electrons. The number of aromatic hydroxyl groups is 1. The van der Waals surface area contributed by atoms with Crippen LogP contribution in [0.4, 0.5) is 0 Å². The summed E-state index contributed by atoms with van der Waals surface area (Å²) in [7, 11) is 0. The fourth-order valence-corrected chi connectivity index (χ4v) is 3.01. The summed E-state index contributed by atoms with van der Waals surface area (Å²) in [5.74, 6) is 0.427. The Hall–Kier alpha value is -2.55. The average Bonchev–Trinajstić information content (AvgIpc) is 2.55. The number of phenolic OH excluding ortho intramolecular Hbond substituents is 1. The van der Waals surface area contributed by atoms with Gasteiger partial charge in [-0.1, -0.05) is 72.4 Å². The van der Waals surface area contributed by atoms with Crippen LogP contribution >= 0.6 is 0 Å². The van der Waals surface area contributed by atoms with Crippen LogP contribution in [0.1, 0.15) is 63.8 Å². The van der Waals surface area contributed by atoms with E-state index < -0.39 is 5.97 Å². The highest BCUT2D eigenvalue weighted by atomic mass is 16.5. The Morgan fingerprint density at radius 2 is 1.44 bits per heavy atom. The molecule has 0 bridgehead atoms. The van der Waals surface area contributed by atoms with Gasteiger partial charge in [0.2, 0.25) is 0 Å². The Labute approximate surface area is 162 Å². The van der Waals surface area contributed by atoms with Gasteiger partial charge in [0, 0.05) is 6.08 Å². The molecule has 2 aromatic carbocycles. The molecule has 0 amide bonds. The van der Waals surface area contributed by atoms with Crippen molar-refractivity contribution >= 4 is 5.97 Å². The van der Waals surface area contributed by atoms with Crippen molar-refractivity contribution in [2.75, 3.05) is 0 Å². The van der Waals surface area contributed by atoms with Crippen LogP contribution in [0.2, 0.25) is 0 Å². The van der Waals surface area contributed by atoms with Gasteiger partial charge in [0.05, 0.1) is 0 Å². The predicted octanol–water partition coefficient (Wildman–Crippen LogP) is 5.67. The maximum Gasteiger partial charge on any atom is 0.335 e. The molecule has 3 heteroatoms. The molecule has 0 unspecified atom stereocenters. The molecule has 0 saturated heterocycles. The third kappa shape index (κ3) is 5.22. The zero-order valence-electron chi connectivity index (χ0n) is 17.2. The molecule has 0 saturated carbocycles. The van der Waals surface area contributed by atoms with Gasteiger partial charge in [0.25, 0.3) is 0 Å². The summed E-state index contributed by atoms with van der Waals surface area (Å²) in [4.78, 5) is 11.3. The monoisotopic (exact) mass is 366 g/mol. The number of rotatable bonds is 4. The largest absolute Gasteiger partial charge is 0.507 e. The molecular weight excluding hydrogens is 336 g/mol. The molecule has 0 aliphatic rings. The molecule has 2 rings (SSSR count). The van der Waals surface area contributed by atoms with Crippen molar-refractivity contribution in [3.05, 3.63) is 71.3 Å². The second kappa shape index (κ2) is 7.59. The van der Waals surface area contributed by atoms with Crippen LogP contribution in [0, 0.1) is 0 Å². The van der Waals surface area contributed by atoms with Crippen molar-refractivity contribution in [2.45, 2.75) is 58.8 Å². The normalized spacial score (nSPS) is 11.9. The first-order valence-electron chi connectivity index (χ1n) is 9.22. The lowest BCUT2D eigenvalue weighted by Crippen LogP contribution is -2.18. The minimum atomic E-state index is -0.467. The standard InChI is InChI=1S/C24H30O3/c1-8-21(25)27-18-11-9-16(10-12-18)13-17-14-19(23(2,3)4)22(26)20(15-17)24(5,6)7/h8-12,14-15,26H,1,13H2,2-7H3. The second-order valence-electron chi connectivity index (χ2n) is 8.99. The third-order valence-corrected chi connectivity index (χ3v) is 4.50. The highest BCUT2D eigenvalue weighted by Crippen LogP contribution is 2.40. The van der Waals surface area contributed by atoms with Crippen molar-refractivity contribution in [2.24, 2.45) is 0 Å². The first kappa shape index (κ1) is 20.8. The Kier molecular flexibility index (Phi) is 5.84. The van der Waals surface area contributed by atoms with Crippen LogP contribution in [0.25, 0.3) is 0 Å². The van der Waals surface area contributed by atoms with Crippen molar-refractivity contribution in [3.63, 3.8) is 0 Å². The quantitative estimate of drug-likeness (QED) is 0.431. The lowest BCUT2D eigenvalue weighted by Gasteiger charge is -2.28. The maximum atomic E-state index is 11.3. The van der Waals surface area contributed by atoms with Crippen LogP contribution in [0.15, 0.2) is 49.1 Å². The molecule has 3 nitrogen and oxygen atoms in total. The van der Waals surface area contributed by atoms with Crippen molar-refractivity contribution in [1.29, 1.82) is 0 Å². The zero-order valence-corrected chi connectivity index (χ0v) is 17.2. The van der Waals surface area contributed by atoms with Crippen LogP contribution in [-0.2, 0) is 22.0 Å². The summed E-state index contributed by atoms with van der Waals surface area (Å²) in [6.45, 7) is 16.1. The van der Waals surface area contributed by atoms with Gasteiger partial charge in [-0.25, -0.2) is 4.79 Å².